The Balaban J connectivity index is 2.77. The van der Waals surface area contributed by atoms with Crippen LogP contribution in [0.3, 0.4) is 0 Å². The molecule has 1 aliphatic carbocycles. The van der Waals surface area contributed by atoms with Crippen LogP contribution in [0.2, 0.25) is 0 Å². The molecule has 0 heterocycles. The molecule has 2 unspecified atom stereocenters. The topological polar surface area (TPSA) is 15.3 Å². The van der Waals surface area contributed by atoms with Gasteiger partial charge in [-0.05, 0) is 65.1 Å². The van der Waals surface area contributed by atoms with Crippen LogP contribution in [0.1, 0.15) is 65.7 Å². The van der Waals surface area contributed by atoms with E-state index in [1.54, 1.807) is 0 Å². The van der Waals surface area contributed by atoms with E-state index in [2.05, 4.69) is 52.1 Å². The summed E-state index contributed by atoms with van der Waals surface area (Å²) in [5.74, 6) is 1.75. The third-order valence-electron chi connectivity index (χ3n) is 5.45. The van der Waals surface area contributed by atoms with E-state index in [1.165, 1.54) is 44.9 Å². The standard InChI is InChI=1S/C17H36N2/c1-7-8-15(3)13-16(18-4)17(19(5)6)11-9-14(2)10-12-17/h14-16,18H,7-13H2,1-6H3. The fraction of sp³-hybridized carbons (Fsp3) is 1.00. The van der Waals surface area contributed by atoms with E-state index in [4.69, 9.17) is 0 Å². The monoisotopic (exact) mass is 268 g/mol. The zero-order valence-electron chi connectivity index (χ0n) is 14.1. The van der Waals surface area contributed by atoms with Crippen LogP contribution in [0.25, 0.3) is 0 Å². The van der Waals surface area contributed by atoms with Crippen molar-refractivity contribution in [2.45, 2.75) is 77.3 Å². The summed E-state index contributed by atoms with van der Waals surface area (Å²) in [4.78, 5) is 2.51. The molecule has 2 heteroatoms. The molecule has 0 amide bonds. The van der Waals surface area contributed by atoms with Crippen molar-refractivity contribution >= 4 is 0 Å². The largest absolute Gasteiger partial charge is 0.315 e. The van der Waals surface area contributed by atoms with Gasteiger partial charge in [0.15, 0.2) is 0 Å². The van der Waals surface area contributed by atoms with Crippen LogP contribution in [0.15, 0.2) is 0 Å². The maximum atomic E-state index is 3.66. The van der Waals surface area contributed by atoms with Crippen LogP contribution >= 0.6 is 0 Å². The van der Waals surface area contributed by atoms with Gasteiger partial charge in [0.1, 0.15) is 0 Å². The zero-order chi connectivity index (χ0) is 14.5. The van der Waals surface area contributed by atoms with E-state index >= 15 is 0 Å². The van der Waals surface area contributed by atoms with E-state index < -0.39 is 0 Å². The number of nitrogens with one attached hydrogen (secondary N) is 1. The molecule has 1 N–H and O–H groups in total. The molecule has 19 heavy (non-hydrogen) atoms. The van der Waals surface area contributed by atoms with Crippen molar-refractivity contribution < 1.29 is 0 Å². The first-order valence-electron chi connectivity index (χ1n) is 8.31. The van der Waals surface area contributed by atoms with Gasteiger partial charge in [-0.1, -0.05) is 33.6 Å². The fourth-order valence-electron chi connectivity index (χ4n) is 3.99. The lowest BCUT2D eigenvalue weighted by Gasteiger charge is -2.50. The molecule has 0 spiro atoms. The first-order chi connectivity index (χ1) is 8.96. The number of nitrogens with zero attached hydrogens (tertiary/aromatic N) is 1. The van der Waals surface area contributed by atoms with Gasteiger partial charge in [0, 0.05) is 11.6 Å². The molecule has 2 nitrogen and oxygen atoms in total. The number of hydrogen-bond donors (Lipinski definition) is 1. The maximum absolute atomic E-state index is 3.66. The average Bonchev–Trinajstić information content (AvgIpc) is 2.37. The van der Waals surface area contributed by atoms with Gasteiger partial charge < -0.3 is 10.2 Å². The molecule has 1 saturated carbocycles. The lowest BCUT2D eigenvalue weighted by atomic mass is 9.70. The summed E-state index contributed by atoms with van der Waals surface area (Å²) in [6.07, 6.45) is 9.46. The number of rotatable bonds is 7. The Morgan fingerprint density at radius 3 is 2.26 bits per heavy atom. The Bertz CT molecular complexity index is 242. The molecule has 114 valence electrons. The summed E-state index contributed by atoms with van der Waals surface area (Å²) in [5.41, 5.74) is 0.378. The minimum atomic E-state index is 0.378. The number of hydrogen-bond acceptors (Lipinski definition) is 2. The summed E-state index contributed by atoms with van der Waals surface area (Å²) in [6, 6.07) is 0.636. The SMILES string of the molecule is CCCC(C)CC(NC)C1(N(C)C)CCC(C)CC1. The quantitative estimate of drug-likeness (QED) is 0.753. The van der Waals surface area contributed by atoms with Crippen molar-refractivity contribution in [2.24, 2.45) is 11.8 Å². The molecule has 0 aliphatic heterocycles. The van der Waals surface area contributed by atoms with E-state index in [9.17, 15) is 0 Å². The van der Waals surface area contributed by atoms with Gasteiger partial charge in [0.25, 0.3) is 0 Å². The Morgan fingerprint density at radius 2 is 1.84 bits per heavy atom. The van der Waals surface area contributed by atoms with Gasteiger partial charge in [0.2, 0.25) is 0 Å². The predicted molar refractivity (Wildman–Crippen MR) is 85.6 cm³/mol. The third-order valence-corrected chi connectivity index (χ3v) is 5.45. The first kappa shape index (κ1) is 17.0. The summed E-state index contributed by atoms with van der Waals surface area (Å²) < 4.78 is 0. The normalized spacial score (nSPS) is 31.4. The Labute approximate surface area is 121 Å². The van der Waals surface area contributed by atoms with Crippen LogP contribution in [-0.4, -0.2) is 37.6 Å². The summed E-state index contributed by atoms with van der Waals surface area (Å²) >= 11 is 0. The molecule has 2 atom stereocenters. The molecule has 0 aromatic heterocycles. The molecular weight excluding hydrogens is 232 g/mol. The second-order valence-electron chi connectivity index (χ2n) is 7.15. The second kappa shape index (κ2) is 7.64. The van der Waals surface area contributed by atoms with Gasteiger partial charge in [-0.2, -0.15) is 0 Å². The molecule has 1 rings (SSSR count). The van der Waals surface area contributed by atoms with Gasteiger partial charge in [0.05, 0.1) is 0 Å². The first-order valence-corrected chi connectivity index (χ1v) is 8.31. The molecule has 1 aliphatic rings. The summed E-state index contributed by atoms with van der Waals surface area (Å²) in [5, 5.41) is 3.66. The highest BCUT2D eigenvalue weighted by Crippen LogP contribution is 2.39. The summed E-state index contributed by atoms with van der Waals surface area (Å²) in [6.45, 7) is 7.13. The molecule has 1 fully saturated rings. The smallest absolute Gasteiger partial charge is 0.0356 e. The Morgan fingerprint density at radius 1 is 1.26 bits per heavy atom. The fourth-order valence-corrected chi connectivity index (χ4v) is 3.99. The molecule has 0 bridgehead atoms. The van der Waals surface area contributed by atoms with E-state index in [1.807, 2.05) is 0 Å². The van der Waals surface area contributed by atoms with Crippen LogP contribution < -0.4 is 5.32 Å². The van der Waals surface area contributed by atoms with E-state index in [0.717, 1.165) is 11.8 Å². The van der Waals surface area contributed by atoms with E-state index in [-0.39, 0.29) is 0 Å². The number of likely N-dealkylation sites (N-methyl/N-ethyl adjacent to an activating group) is 2. The molecular formula is C17H36N2. The Kier molecular flexibility index (Phi) is 6.82. The van der Waals surface area contributed by atoms with Crippen molar-refractivity contribution in [2.75, 3.05) is 21.1 Å². The highest BCUT2D eigenvalue weighted by atomic mass is 15.2. The summed E-state index contributed by atoms with van der Waals surface area (Å²) in [7, 11) is 6.72. The van der Waals surface area contributed by atoms with Gasteiger partial charge >= 0.3 is 0 Å². The molecule has 0 radical (unpaired) electrons. The lowest BCUT2D eigenvalue weighted by Crippen LogP contribution is -2.60. The molecule has 0 aromatic rings. The van der Waals surface area contributed by atoms with Crippen molar-refractivity contribution in [3.63, 3.8) is 0 Å². The zero-order valence-corrected chi connectivity index (χ0v) is 14.1. The molecule has 0 aromatic carbocycles. The van der Waals surface area contributed by atoms with E-state index in [0.29, 0.717) is 11.6 Å². The van der Waals surface area contributed by atoms with Crippen LogP contribution in [0, 0.1) is 11.8 Å². The van der Waals surface area contributed by atoms with Gasteiger partial charge in [-0.15, -0.1) is 0 Å². The Hall–Kier alpha value is -0.0800. The highest BCUT2D eigenvalue weighted by Gasteiger charge is 2.42. The van der Waals surface area contributed by atoms with Crippen molar-refractivity contribution in [3.8, 4) is 0 Å². The van der Waals surface area contributed by atoms with Crippen molar-refractivity contribution in [1.29, 1.82) is 0 Å². The lowest BCUT2D eigenvalue weighted by molar-refractivity contribution is 0.0375. The van der Waals surface area contributed by atoms with Gasteiger partial charge in [-0.25, -0.2) is 0 Å². The van der Waals surface area contributed by atoms with Crippen LogP contribution in [0.4, 0.5) is 0 Å². The average molecular weight is 268 g/mol. The third kappa shape index (κ3) is 4.19. The maximum Gasteiger partial charge on any atom is 0.0356 e. The van der Waals surface area contributed by atoms with Gasteiger partial charge in [-0.3, -0.25) is 0 Å². The minimum Gasteiger partial charge on any atom is -0.315 e. The minimum absolute atomic E-state index is 0.378. The predicted octanol–water partition coefficient (Wildman–Crippen LogP) is 3.91. The van der Waals surface area contributed by atoms with Crippen molar-refractivity contribution in [3.05, 3.63) is 0 Å². The highest BCUT2D eigenvalue weighted by molar-refractivity contribution is 5.01. The van der Waals surface area contributed by atoms with Crippen LogP contribution in [0.5, 0.6) is 0 Å². The molecule has 0 saturated heterocycles. The second-order valence-corrected chi connectivity index (χ2v) is 7.15. The van der Waals surface area contributed by atoms with Crippen LogP contribution in [-0.2, 0) is 0 Å². The van der Waals surface area contributed by atoms with Crippen molar-refractivity contribution in [1.82, 2.24) is 10.2 Å².